The van der Waals surface area contributed by atoms with Crippen LogP contribution in [0.5, 0.6) is 11.5 Å². The highest BCUT2D eigenvalue weighted by Gasteiger charge is 2.34. The summed E-state index contributed by atoms with van der Waals surface area (Å²) in [6.07, 6.45) is 0.355. The lowest BCUT2D eigenvalue weighted by Gasteiger charge is -2.16. The molecule has 0 aliphatic carbocycles. The third-order valence-electron chi connectivity index (χ3n) is 2.83. The maximum absolute atomic E-state index is 10.5. The largest absolute Gasteiger partial charge is 0.481 e. The molecule has 0 amide bonds. The smallest absolute Gasteiger partial charge is 0.303 e. The minimum Gasteiger partial charge on any atom is -0.481 e. The molecule has 3 N–H and O–H groups in total. The van der Waals surface area contributed by atoms with Crippen molar-refractivity contribution in [1.82, 2.24) is 0 Å². The second-order valence-corrected chi connectivity index (χ2v) is 5.38. The molecule has 1 aromatic rings. The van der Waals surface area contributed by atoms with Crippen molar-refractivity contribution in [2.24, 2.45) is 5.73 Å². The van der Waals surface area contributed by atoms with Gasteiger partial charge >= 0.3 is 5.97 Å². The molecule has 2 rings (SSSR count). The number of hydrogen-bond acceptors (Lipinski definition) is 4. The number of fused-ring (bicyclic) bond motifs is 1. The molecule has 1 heterocycles. The summed E-state index contributed by atoms with van der Waals surface area (Å²) >= 11 is 6.13. The van der Waals surface area contributed by atoms with Gasteiger partial charge in [0.25, 0.3) is 0 Å². The van der Waals surface area contributed by atoms with Crippen molar-refractivity contribution in [2.45, 2.75) is 38.5 Å². The predicted octanol–water partition coefficient (Wildman–Crippen LogP) is 2.71. The van der Waals surface area contributed by atoms with E-state index in [1.807, 2.05) is 0 Å². The fourth-order valence-corrected chi connectivity index (χ4v) is 2.21. The lowest BCUT2D eigenvalue weighted by molar-refractivity contribution is -0.137. The van der Waals surface area contributed by atoms with Gasteiger partial charge in [-0.25, -0.2) is 0 Å². The van der Waals surface area contributed by atoms with E-state index in [4.69, 9.17) is 31.9 Å². The first-order chi connectivity index (χ1) is 8.78. The Morgan fingerprint density at radius 2 is 2.16 bits per heavy atom. The van der Waals surface area contributed by atoms with Gasteiger partial charge < -0.3 is 20.3 Å². The van der Waals surface area contributed by atoms with Crippen LogP contribution in [0, 0.1) is 0 Å². The molecule has 1 aromatic carbocycles. The Morgan fingerprint density at radius 3 is 2.79 bits per heavy atom. The summed E-state index contributed by atoms with van der Waals surface area (Å²) in [5.41, 5.74) is 6.70. The zero-order chi connectivity index (χ0) is 14.2. The van der Waals surface area contributed by atoms with E-state index in [9.17, 15) is 4.79 Å². The van der Waals surface area contributed by atoms with Crippen LogP contribution < -0.4 is 15.2 Å². The summed E-state index contributed by atoms with van der Waals surface area (Å²) in [6, 6.07) is 3.05. The quantitative estimate of drug-likeness (QED) is 0.889. The molecule has 104 valence electrons. The number of carboxylic acids is 1. The molecule has 1 atom stereocenters. The summed E-state index contributed by atoms with van der Waals surface area (Å²) in [6.45, 7) is 3.57. The number of benzene rings is 1. The van der Waals surface area contributed by atoms with E-state index in [1.165, 1.54) is 0 Å². The number of rotatable bonds is 4. The van der Waals surface area contributed by atoms with Gasteiger partial charge in [-0.2, -0.15) is 0 Å². The molecular formula is C13H16ClNO4. The molecular weight excluding hydrogens is 270 g/mol. The van der Waals surface area contributed by atoms with Gasteiger partial charge in [0.05, 0.1) is 5.02 Å². The molecule has 5 nitrogen and oxygen atoms in total. The number of carboxylic acid groups (broad SMARTS) is 1. The van der Waals surface area contributed by atoms with Crippen molar-refractivity contribution >= 4 is 17.6 Å². The van der Waals surface area contributed by atoms with Crippen LogP contribution in [-0.2, 0) is 4.79 Å². The maximum Gasteiger partial charge on any atom is 0.303 e. The van der Waals surface area contributed by atoms with Crippen molar-refractivity contribution in [3.8, 4) is 11.5 Å². The van der Waals surface area contributed by atoms with E-state index >= 15 is 0 Å². The van der Waals surface area contributed by atoms with Crippen LogP contribution in [-0.4, -0.2) is 16.9 Å². The molecule has 0 spiro atoms. The number of carbonyl (C=O) groups is 1. The predicted molar refractivity (Wildman–Crippen MR) is 70.6 cm³/mol. The summed E-state index contributed by atoms with van der Waals surface area (Å²) < 4.78 is 11.2. The lowest BCUT2D eigenvalue weighted by Crippen LogP contribution is -2.29. The van der Waals surface area contributed by atoms with Crippen molar-refractivity contribution in [2.75, 3.05) is 0 Å². The fraction of sp³-hybridized carbons (Fsp3) is 0.462. The van der Waals surface area contributed by atoms with Gasteiger partial charge in [0.1, 0.15) is 0 Å². The minimum atomic E-state index is -0.872. The van der Waals surface area contributed by atoms with Gasteiger partial charge in [-0.3, -0.25) is 4.79 Å². The molecule has 0 fully saturated rings. The zero-order valence-electron chi connectivity index (χ0n) is 10.8. The Labute approximate surface area is 116 Å². The van der Waals surface area contributed by atoms with E-state index in [1.54, 1.807) is 26.0 Å². The average molecular weight is 286 g/mol. The summed E-state index contributed by atoms with van der Waals surface area (Å²) in [5.74, 6) is -0.585. The van der Waals surface area contributed by atoms with Gasteiger partial charge in [-0.1, -0.05) is 11.6 Å². The van der Waals surface area contributed by atoms with Crippen molar-refractivity contribution in [3.05, 3.63) is 22.7 Å². The molecule has 1 aliphatic heterocycles. The average Bonchev–Trinajstić information content (AvgIpc) is 2.60. The molecule has 19 heavy (non-hydrogen) atoms. The van der Waals surface area contributed by atoms with Crippen LogP contribution in [0.2, 0.25) is 5.02 Å². The van der Waals surface area contributed by atoms with Crippen LogP contribution in [0.4, 0.5) is 0 Å². The molecule has 1 aliphatic rings. The van der Waals surface area contributed by atoms with E-state index in [-0.39, 0.29) is 6.42 Å². The summed E-state index contributed by atoms with van der Waals surface area (Å²) in [7, 11) is 0. The highest BCUT2D eigenvalue weighted by atomic mass is 35.5. The Hall–Kier alpha value is -1.46. The first-order valence-corrected chi connectivity index (χ1v) is 6.35. The van der Waals surface area contributed by atoms with E-state index < -0.39 is 17.8 Å². The Bertz CT molecular complexity index is 516. The van der Waals surface area contributed by atoms with Crippen LogP contribution >= 0.6 is 11.6 Å². The van der Waals surface area contributed by atoms with E-state index in [0.717, 1.165) is 5.56 Å². The second kappa shape index (κ2) is 4.90. The molecule has 0 aromatic heterocycles. The van der Waals surface area contributed by atoms with Gasteiger partial charge in [-0.15, -0.1) is 0 Å². The number of nitrogens with two attached hydrogens (primary N) is 1. The van der Waals surface area contributed by atoms with Gasteiger partial charge in [0.2, 0.25) is 5.79 Å². The van der Waals surface area contributed by atoms with Crippen LogP contribution in [0.1, 0.15) is 38.3 Å². The molecule has 0 saturated heterocycles. The van der Waals surface area contributed by atoms with Crippen molar-refractivity contribution in [1.29, 1.82) is 0 Å². The molecule has 0 radical (unpaired) electrons. The van der Waals surface area contributed by atoms with Gasteiger partial charge in [0.15, 0.2) is 11.5 Å². The monoisotopic (exact) mass is 285 g/mol. The Balaban J connectivity index is 2.21. The summed E-state index contributed by atoms with van der Waals surface area (Å²) in [5, 5.41) is 9.08. The van der Waals surface area contributed by atoms with Crippen molar-refractivity contribution < 1.29 is 19.4 Å². The first kappa shape index (κ1) is 14.0. The lowest BCUT2D eigenvalue weighted by atomic mass is 10.0. The molecule has 0 saturated carbocycles. The number of halogens is 1. The van der Waals surface area contributed by atoms with Crippen LogP contribution in [0.15, 0.2) is 12.1 Å². The SMILES string of the molecule is CC1(C)Oc2cc(C(N)CCC(=O)O)cc(Cl)c2O1. The summed E-state index contributed by atoms with van der Waals surface area (Å²) in [4.78, 5) is 10.5. The highest BCUT2D eigenvalue weighted by Crippen LogP contribution is 2.45. The number of aliphatic carboxylic acids is 1. The standard InChI is InChI=1S/C13H16ClNO4/c1-13(2)18-10-6-7(5-8(14)12(10)19-13)9(15)3-4-11(16)17/h5-6,9H,3-4,15H2,1-2H3,(H,16,17). The third-order valence-corrected chi connectivity index (χ3v) is 3.11. The fourth-order valence-electron chi connectivity index (χ4n) is 1.95. The van der Waals surface area contributed by atoms with Gasteiger partial charge in [-0.05, 0) is 24.1 Å². The van der Waals surface area contributed by atoms with E-state index in [0.29, 0.717) is 22.9 Å². The van der Waals surface area contributed by atoms with Crippen LogP contribution in [0.25, 0.3) is 0 Å². The maximum atomic E-state index is 10.5. The topological polar surface area (TPSA) is 81.8 Å². The third kappa shape index (κ3) is 3.11. The highest BCUT2D eigenvalue weighted by molar-refractivity contribution is 6.32. The second-order valence-electron chi connectivity index (χ2n) is 4.97. The number of hydrogen-bond donors (Lipinski definition) is 2. The first-order valence-electron chi connectivity index (χ1n) is 5.97. The van der Waals surface area contributed by atoms with Crippen molar-refractivity contribution in [3.63, 3.8) is 0 Å². The van der Waals surface area contributed by atoms with E-state index in [2.05, 4.69) is 0 Å². The number of ether oxygens (including phenoxy) is 2. The molecule has 6 heteroatoms. The molecule has 0 bridgehead atoms. The minimum absolute atomic E-state index is 0.0126. The Morgan fingerprint density at radius 1 is 1.47 bits per heavy atom. The van der Waals surface area contributed by atoms with Crippen LogP contribution in [0.3, 0.4) is 0 Å². The normalized spacial score (nSPS) is 17.3. The zero-order valence-corrected chi connectivity index (χ0v) is 11.5. The van der Waals surface area contributed by atoms with Gasteiger partial charge in [0, 0.05) is 26.3 Å². The molecule has 1 unspecified atom stereocenters. The Kier molecular flexibility index (Phi) is 3.60.